The normalized spacial score (nSPS) is 17.1. The van der Waals surface area contributed by atoms with Crippen molar-refractivity contribution in [3.8, 4) is 0 Å². The molecule has 1 N–H and O–H groups in total. The Bertz CT molecular complexity index is 499. The molecule has 1 atom stereocenters. The molecule has 19 heavy (non-hydrogen) atoms. The van der Waals surface area contributed by atoms with Gasteiger partial charge in [0.1, 0.15) is 11.2 Å². The third-order valence-electron chi connectivity index (χ3n) is 2.75. The molecule has 1 aliphatic rings. The lowest BCUT2D eigenvalue weighted by molar-refractivity contribution is -0.138. The summed E-state index contributed by atoms with van der Waals surface area (Å²) in [5.74, 6) is -1.72. The van der Waals surface area contributed by atoms with Crippen LogP contribution in [0.5, 0.6) is 0 Å². The van der Waals surface area contributed by atoms with Gasteiger partial charge in [-0.05, 0) is 30.5 Å². The minimum Gasteiger partial charge on any atom is -0.352 e. The zero-order valence-electron chi connectivity index (χ0n) is 9.60. The molecule has 2 nitrogen and oxygen atoms in total. The smallest absolute Gasteiger partial charge is 0.352 e. The maximum Gasteiger partial charge on any atom is 0.416 e. The van der Waals surface area contributed by atoms with Gasteiger partial charge in [0.15, 0.2) is 0 Å². The van der Waals surface area contributed by atoms with Crippen LogP contribution >= 0.6 is 11.6 Å². The molecule has 1 aromatic carbocycles. The van der Waals surface area contributed by atoms with E-state index in [4.69, 9.17) is 11.6 Å². The highest BCUT2D eigenvalue weighted by Crippen LogP contribution is 2.37. The van der Waals surface area contributed by atoms with E-state index in [1.54, 1.807) is 0 Å². The summed E-state index contributed by atoms with van der Waals surface area (Å²) in [6.07, 6.45) is -3.17. The number of benzene rings is 1. The Morgan fingerprint density at radius 1 is 1.37 bits per heavy atom. The molecule has 104 valence electrons. The van der Waals surface area contributed by atoms with E-state index < -0.39 is 34.4 Å². The van der Waals surface area contributed by atoms with Crippen molar-refractivity contribution in [1.82, 2.24) is 5.32 Å². The average Bonchev–Trinajstić information content (AvgIpc) is 3.10. The molecule has 0 spiro atoms. The first-order chi connectivity index (χ1) is 8.79. The van der Waals surface area contributed by atoms with Crippen LogP contribution in [0.3, 0.4) is 0 Å². The Labute approximate surface area is 111 Å². The molecular formula is C12H10ClF4NO. The van der Waals surface area contributed by atoms with E-state index in [1.165, 1.54) is 0 Å². The molecule has 7 heteroatoms. The van der Waals surface area contributed by atoms with Crippen LogP contribution in [-0.4, -0.2) is 11.9 Å². The van der Waals surface area contributed by atoms with Gasteiger partial charge in [0.05, 0.1) is 5.56 Å². The van der Waals surface area contributed by atoms with Crippen molar-refractivity contribution in [3.63, 3.8) is 0 Å². The first-order valence-electron chi connectivity index (χ1n) is 5.60. The van der Waals surface area contributed by atoms with Crippen molar-refractivity contribution in [2.45, 2.75) is 30.4 Å². The minimum atomic E-state index is -4.76. The van der Waals surface area contributed by atoms with Crippen molar-refractivity contribution < 1.29 is 22.4 Å². The first-order valence-corrected chi connectivity index (χ1v) is 6.04. The van der Waals surface area contributed by atoms with E-state index in [0.29, 0.717) is 6.07 Å². The predicted octanol–water partition coefficient (Wildman–Crippen LogP) is 3.40. The number of alkyl halides is 4. The van der Waals surface area contributed by atoms with Gasteiger partial charge in [-0.3, -0.25) is 4.79 Å². The van der Waals surface area contributed by atoms with Gasteiger partial charge < -0.3 is 5.32 Å². The third-order valence-corrected chi connectivity index (χ3v) is 3.18. The van der Waals surface area contributed by atoms with Crippen LogP contribution < -0.4 is 5.32 Å². The fraction of sp³-hybridized carbons (Fsp3) is 0.417. The van der Waals surface area contributed by atoms with Gasteiger partial charge in [0.2, 0.25) is 5.91 Å². The van der Waals surface area contributed by atoms with Gasteiger partial charge in [-0.25, -0.2) is 4.39 Å². The van der Waals surface area contributed by atoms with E-state index in [9.17, 15) is 22.4 Å². The van der Waals surface area contributed by atoms with E-state index in [0.717, 1.165) is 25.0 Å². The van der Waals surface area contributed by atoms with Crippen LogP contribution in [0, 0.1) is 5.82 Å². The van der Waals surface area contributed by atoms with Crippen molar-refractivity contribution in [2.75, 3.05) is 0 Å². The standard InChI is InChI=1S/C12H10ClF4NO/c13-10(11(19)18-7-2-3-7)8-4-1-6(14)5-9(8)12(15,16)17/h1,4-5,7,10H,2-3H2,(H,18,19). The number of halogens is 5. The highest BCUT2D eigenvalue weighted by Gasteiger charge is 2.37. The number of rotatable bonds is 3. The van der Waals surface area contributed by atoms with Crippen LogP contribution in [-0.2, 0) is 11.0 Å². The number of hydrogen-bond donors (Lipinski definition) is 1. The van der Waals surface area contributed by atoms with Gasteiger partial charge in [0.25, 0.3) is 0 Å². The topological polar surface area (TPSA) is 29.1 Å². The first kappa shape index (κ1) is 14.1. The maximum atomic E-state index is 12.9. The highest BCUT2D eigenvalue weighted by molar-refractivity contribution is 6.31. The van der Waals surface area contributed by atoms with E-state index >= 15 is 0 Å². The lowest BCUT2D eigenvalue weighted by Crippen LogP contribution is -2.29. The Morgan fingerprint density at radius 2 is 2.00 bits per heavy atom. The van der Waals surface area contributed by atoms with Crippen molar-refractivity contribution in [2.24, 2.45) is 0 Å². The molecule has 1 unspecified atom stereocenters. The summed E-state index contributed by atoms with van der Waals surface area (Å²) in [6, 6.07) is 2.07. The quantitative estimate of drug-likeness (QED) is 0.672. The fourth-order valence-corrected chi connectivity index (χ4v) is 1.89. The van der Waals surface area contributed by atoms with Gasteiger partial charge in [-0.2, -0.15) is 13.2 Å². The number of carbonyl (C=O) groups is 1. The Balaban J connectivity index is 2.29. The molecular weight excluding hydrogens is 286 g/mol. The summed E-state index contributed by atoms with van der Waals surface area (Å²) >= 11 is 5.76. The van der Waals surface area contributed by atoms with Gasteiger partial charge in [0, 0.05) is 6.04 Å². The van der Waals surface area contributed by atoms with Gasteiger partial charge in [-0.1, -0.05) is 6.07 Å². The maximum absolute atomic E-state index is 12.9. The number of nitrogens with one attached hydrogen (secondary N) is 1. The number of amides is 1. The fourth-order valence-electron chi connectivity index (χ4n) is 1.64. The molecule has 0 aliphatic heterocycles. The molecule has 0 bridgehead atoms. The second-order valence-electron chi connectivity index (χ2n) is 4.37. The summed E-state index contributed by atoms with van der Waals surface area (Å²) in [5.41, 5.74) is -1.66. The lowest BCUT2D eigenvalue weighted by atomic mass is 10.0. The summed E-state index contributed by atoms with van der Waals surface area (Å²) in [4.78, 5) is 11.7. The SMILES string of the molecule is O=C(NC1CC1)C(Cl)c1ccc(F)cc1C(F)(F)F. The van der Waals surface area contributed by atoms with E-state index in [2.05, 4.69) is 5.32 Å². The average molecular weight is 296 g/mol. The van der Waals surface area contributed by atoms with Crippen molar-refractivity contribution in [1.29, 1.82) is 0 Å². The molecule has 1 saturated carbocycles. The predicted molar refractivity (Wildman–Crippen MR) is 61.2 cm³/mol. The Morgan fingerprint density at radius 3 is 2.53 bits per heavy atom. The summed E-state index contributed by atoms with van der Waals surface area (Å²) < 4.78 is 51.2. The number of hydrogen-bond acceptors (Lipinski definition) is 1. The van der Waals surface area contributed by atoms with Crippen molar-refractivity contribution >= 4 is 17.5 Å². The molecule has 1 aromatic rings. The zero-order valence-corrected chi connectivity index (χ0v) is 10.4. The molecule has 0 saturated heterocycles. The molecule has 0 aromatic heterocycles. The second kappa shape index (κ2) is 5.00. The summed E-state index contributed by atoms with van der Waals surface area (Å²) in [6.45, 7) is 0. The largest absolute Gasteiger partial charge is 0.416 e. The number of carbonyl (C=O) groups excluding carboxylic acids is 1. The van der Waals surface area contributed by atoms with Crippen LogP contribution in [0.25, 0.3) is 0 Å². The summed E-state index contributed by atoms with van der Waals surface area (Å²) in [5, 5.41) is 1.03. The third kappa shape index (κ3) is 3.37. The van der Waals surface area contributed by atoms with Gasteiger partial charge >= 0.3 is 6.18 Å². The highest BCUT2D eigenvalue weighted by atomic mass is 35.5. The second-order valence-corrected chi connectivity index (χ2v) is 4.81. The van der Waals surface area contributed by atoms with Crippen LogP contribution in [0.15, 0.2) is 18.2 Å². The molecule has 1 fully saturated rings. The molecule has 0 radical (unpaired) electrons. The molecule has 2 rings (SSSR count). The Hall–Kier alpha value is -1.30. The monoisotopic (exact) mass is 295 g/mol. The van der Waals surface area contributed by atoms with Crippen molar-refractivity contribution in [3.05, 3.63) is 35.1 Å². The summed E-state index contributed by atoms with van der Waals surface area (Å²) in [7, 11) is 0. The molecule has 0 heterocycles. The lowest BCUT2D eigenvalue weighted by Gasteiger charge is -2.16. The minimum absolute atomic E-state index is 0.0106. The Kier molecular flexibility index (Phi) is 3.71. The van der Waals surface area contributed by atoms with Gasteiger partial charge in [-0.15, -0.1) is 11.6 Å². The molecule has 1 aliphatic carbocycles. The van der Waals surface area contributed by atoms with Crippen LogP contribution in [0.2, 0.25) is 0 Å². The van der Waals surface area contributed by atoms with Crippen LogP contribution in [0.4, 0.5) is 17.6 Å². The molecule has 1 amide bonds. The van der Waals surface area contributed by atoms with E-state index in [1.807, 2.05) is 0 Å². The zero-order chi connectivity index (χ0) is 14.2. The van der Waals surface area contributed by atoms with Crippen LogP contribution in [0.1, 0.15) is 29.3 Å². The van der Waals surface area contributed by atoms with E-state index in [-0.39, 0.29) is 6.04 Å².